The molecule has 0 saturated heterocycles. The molecule has 1 saturated carbocycles. The molecule has 3 aromatic rings. The third-order valence-electron chi connectivity index (χ3n) is 4.79. The molecule has 8 nitrogen and oxygen atoms in total. The number of anilines is 1. The molecule has 1 unspecified atom stereocenters. The van der Waals surface area contributed by atoms with E-state index in [1.54, 1.807) is 30.6 Å². The molecule has 1 aromatic carbocycles. The molecule has 1 aliphatic heterocycles. The lowest BCUT2D eigenvalue weighted by molar-refractivity contribution is -0.115. The van der Waals surface area contributed by atoms with E-state index in [-0.39, 0.29) is 18.0 Å². The van der Waals surface area contributed by atoms with Crippen molar-refractivity contribution in [3.8, 4) is 22.9 Å². The van der Waals surface area contributed by atoms with Gasteiger partial charge in [0.15, 0.2) is 22.5 Å². The van der Waals surface area contributed by atoms with Gasteiger partial charge in [0.2, 0.25) is 12.7 Å². The third kappa shape index (κ3) is 3.65. The predicted octanol–water partition coefficient (Wildman–Crippen LogP) is 3.52. The highest BCUT2D eigenvalue weighted by Crippen LogP contribution is 2.41. The first kappa shape index (κ1) is 18.0. The van der Waals surface area contributed by atoms with Crippen LogP contribution in [0.15, 0.2) is 47.9 Å². The fourth-order valence-corrected chi connectivity index (χ4v) is 4.06. The van der Waals surface area contributed by atoms with Crippen LogP contribution in [0.25, 0.3) is 11.4 Å². The molecule has 29 heavy (non-hydrogen) atoms. The summed E-state index contributed by atoms with van der Waals surface area (Å²) in [6.07, 6.45) is 5.71. The van der Waals surface area contributed by atoms with Crippen LogP contribution in [0, 0.1) is 0 Å². The Morgan fingerprint density at radius 1 is 1.24 bits per heavy atom. The van der Waals surface area contributed by atoms with Crippen molar-refractivity contribution in [2.24, 2.45) is 0 Å². The van der Waals surface area contributed by atoms with Gasteiger partial charge in [0.05, 0.1) is 5.25 Å². The van der Waals surface area contributed by atoms with Gasteiger partial charge >= 0.3 is 0 Å². The largest absolute Gasteiger partial charge is 0.454 e. The van der Waals surface area contributed by atoms with Gasteiger partial charge in [-0.3, -0.25) is 14.3 Å². The van der Waals surface area contributed by atoms with Gasteiger partial charge in [0.1, 0.15) is 0 Å². The number of benzene rings is 1. The van der Waals surface area contributed by atoms with Crippen molar-refractivity contribution in [2.45, 2.75) is 36.2 Å². The molecule has 2 aliphatic rings. The zero-order valence-corrected chi connectivity index (χ0v) is 16.6. The zero-order valence-electron chi connectivity index (χ0n) is 15.7. The van der Waals surface area contributed by atoms with Crippen molar-refractivity contribution in [3.05, 3.63) is 42.7 Å². The average Bonchev–Trinajstić information content (AvgIpc) is 3.32. The van der Waals surface area contributed by atoms with Gasteiger partial charge in [-0.2, -0.15) is 0 Å². The normalized spacial score (nSPS) is 15.9. The van der Waals surface area contributed by atoms with Crippen LogP contribution >= 0.6 is 11.8 Å². The smallest absolute Gasteiger partial charge is 0.237 e. The van der Waals surface area contributed by atoms with E-state index in [9.17, 15) is 4.79 Å². The Morgan fingerprint density at radius 2 is 2.10 bits per heavy atom. The molecule has 1 atom stereocenters. The van der Waals surface area contributed by atoms with Crippen molar-refractivity contribution < 1.29 is 14.3 Å². The maximum Gasteiger partial charge on any atom is 0.237 e. The monoisotopic (exact) mass is 409 g/mol. The molecule has 0 radical (unpaired) electrons. The predicted molar refractivity (Wildman–Crippen MR) is 108 cm³/mol. The van der Waals surface area contributed by atoms with Crippen molar-refractivity contribution in [1.29, 1.82) is 0 Å². The minimum atomic E-state index is -0.344. The molecular formula is C20H19N5O3S. The molecule has 1 fully saturated rings. The van der Waals surface area contributed by atoms with Crippen LogP contribution in [-0.2, 0) is 4.79 Å². The molecule has 5 rings (SSSR count). The van der Waals surface area contributed by atoms with E-state index in [0.29, 0.717) is 23.2 Å². The van der Waals surface area contributed by atoms with Crippen molar-refractivity contribution in [1.82, 2.24) is 19.7 Å². The van der Waals surface area contributed by atoms with E-state index in [0.717, 1.165) is 29.4 Å². The molecule has 1 N–H and O–H groups in total. The summed E-state index contributed by atoms with van der Waals surface area (Å²) in [5.74, 6) is 2.01. The molecule has 3 heterocycles. The summed E-state index contributed by atoms with van der Waals surface area (Å²) in [5.41, 5.74) is 1.60. The zero-order chi connectivity index (χ0) is 19.8. The lowest BCUT2D eigenvalue weighted by Crippen LogP contribution is -2.22. The fourth-order valence-electron chi connectivity index (χ4n) is 3.14. The van der Waals surface area contributed by atoms with Gasteiger partial charge in [-0.1, -0.05) is 11.8 Å². The number of ether oxygens (including phenoxy) is 2. The Labute approximate surface area is 171 Å². The van der Waals surface area contributed by atoms with Crippen LogP contribution < -0.4 is 14.8 Å². The van der Waals surface area contributed by atoms with Crippen LogP contribution in [0.2, 0.25) is 0 Å². The minimum Gasteiger partial charge on any atom is -0.454 e. The summed E-state index contributed by atoms with van der Waals surface area (Å²) in [6.45, 7) is 2.07. The summed E-state index contributed by atoms with van der Waals surface area (Å²) in [5, 5.41) is 12.1. The molecule has 148 valence electrons. The number of rotatable bonds is 6. The van der Waals surface area contributed by atoms with Crippen LogP contribution in [-0.4, -0.2) is 37.7 Å². The second kappa shape index (κ2) is 7.40. The number of nitrogens with one attached hydrogen (secondary N) is 1. The number of carbonyl (C=O) groups excluding carboxylic acids is 1. The molecule has 2 aromatic heterocycles. The number of pyridine rings is 1. The Morgan fingerprint density at radius 3 is 2.90 bits per heavy atom. The van der Waals surface area contributed by atoms with E-state index < -0.39 is 0 Å². The summed E-state index contributed by atoms with van der Waals surface area (Å²) in [4.78, 5) is 16.9. The van der Waals surface area contributed by atoms with Crippen molar-refractivity contribution >= 4 is 23.4 Å². The van der Waals surface area contributed by atoms with E-state index in [4.69, 9.17) is 9.47 Å². The second-order valence-electron chi connectivity index (χ2n) is 6.97. The van der Waals surface area contributed by atoms with Gasteiger partial charge in [0, 0.05) is 35.8 Å². The van der Waals surface area contributed by atoms with E-state index in [1.807, 2.05) is 19.1 Å². The second-order valence-corrected chi connectivity index (χ2v) is 8.27. The van der Waals surface area contributed by atoms with Gasteiger partial charge in [0.25, 0.3) is 0 Å². The van der Waals surface area contributed by atoms with E-state index in [2.05, 4.69) is 25.1 Å². The summed E-state index contributed by atoms with van der Waals surface area (Å²) in [6, 6.07) is 9.60. The lowest BCUT2D eigenvalue weighted by atomic mass is 10.2. The molecule has 1 aliphatic carbocycles. The Kier molecular flexibility index (Phi) is 4.59. The first-order valence-electron chi connectivity index (χ1n) is 9.41. The Hall–Kier alpha value is -3.07. The number of fused-ring (bicyclic) bond motifs is 1. The van der Waals surface area contributed by atoms with E-state index in [1.165, 1.54) is 11.8 Å². The van der Waals surface area contributed by atoms with Crippen molar-refractivity contribution in [3.63, 3.8) is 0 Å². The maximum absolute atomic E-state index is 12.7. The molecule has 1 amide bonds. The van der Waals surface area contributed by atoms with Gasteiger partial charge in [-0.15, -0.1) is 10.2 Å². The third-order valence-corrected chi connectivity index (χ3v) is 5.84. The molecule has 0 bridgehead atoms. The number of carbonyl (C=O) groups is 1. The lowest BCUT2D eigenvalue weighted by Gasteiger charge is -2.13. The van der Waals surface area contributed by atoms with Gasteiger partial charge in [-0.25, -0.2) is 0 Å². The van der Waals surface area contributed by atoms with Crippen LogP contribution in [0.4, 0.5) is 5.69 Å². The highest BCUT2D eigenvalue weighted by Gasteiger charge is 2.31. The minimum absolute atomic E-state index is 0.109. The summed E-state index contributed by atoms with van der Waals surface area (Å²) < 4.78 is 12.8. The Balaban J connectivity index is 1.32. The highest BCUT2D eigenvalue weighted by atomic mass is 32.2. The molecule has 0 spiro atoms. The fraction of sp³-hybridized carbons (Fsp3) is 0.300. The first-order chi connectivity index (χ1) is 14.2. The number of hydrogen-bond acceptors (Lipinski definition) is 7. The van der Waals surface area contributed by atoms with Crippen LogP contribution in [0.5, 0.6) is 11.5 Å². The molecular weight excluding hydrogens is 390 g/mol. The van der Waals surface area contributed by atoms with Gasteiger partial charge < -0.3 is 14.8 Å². The molecule has 9 heteroatoms. The number of amides is 1. The first-order valence-corrected chi connectivity index (χ1v) is 10.3. The maximum atomic E-state index is 12.7. The number of aromatic nitrogens is 4. The van der Waals surface area contributed by atoms with Gasteiger partial charge in [-0.05, 0) is 44.0 Å². The number of nitrogens with zero attached hydrogens (tertiary/aromatic N) is 4. The highest BCUT2D eigenvalue weighted by molar-refractivity contribution is 8.00. The van der Waals surface area contributed by atoms with Crippen molar-refractivity contribution in [2.75, 3.05) is 12.1 Å². The van der Waals surface area contributed by atoms with Crippen LogP contribution in [0.3, 0.4) is 0 Å². The Bertz CT molecular complexity index is 1050. The summed E-state index contributed by atoms with van der Waals surface area (Å²) >= 11 is 1.41. The standard InChI is InChI=1S/C20H19N5O3S/c1-12(19(26)22-14-4-7-16-17(9-14)28-11-27-16)29-20-24-23-18(25(20)15-5-6-15)13-3-2-8-21-10-13/h2-4,7-10,12,15H,5-6,11H2,1H3,(H,22,26). The van der Waals surface area contributed by atoms with Crippen LogP contribution in [0.1, 0.15) is 25.8 Å². The number of thioether (sulfide) groups is 1. The summed E-state index contributed by atoms with van der Waals surface area (Å²) in [7, 11) is 0. The quantitative estimate of drug-likeness (QED) is 0.623. The van der Waals surface area contributed by atoms with E-state index >= 15 is 0 Å². The SMILES string of the molecule is CC(Sc1nnc(-c2cccnc2)n1C1CC1)C(=O)Nc1ccc2c(c1)OCO2. The number of hydrogen-bond donors (Lipinski definition) is 1. The average molecular weight is 409 g/mol. The topological polar surface area (TPSA) is 91.2 Å².